The molecule has 0 atom stereocenters. The van der Waals surface area contributed by atoms with Crippen molar-refractivity contribution in [1.29, 1.82) is 0 Å². The summed E-state index contributed by atoms with van der Waals surface area (Å²) < 4.78 is 2.53. The summed E-state index contributed by atoms with van der Waals surface area (Å²) in [5, 5.41) is 7.99. The molecule has 7 aromatic carbocycles. The van der Waals surface area contributed by atoms with Gasteiger partial charge in [0.25, 0.3) is 0 Å². The zero-order valence-electron chi connectivity index (χ0n) is 23.6. The van der Waals surface area contributed by atoms with Crippen molar-refractivity contribution in [3.63, 3.8) is 0 Å². The summed E-state index contributed by atoms with van der Waals surface area (Å²) in [6.07, 6.45) is 0. The van der Waals surface area contributed by atoms with Crippen LogP contribution in [-0.2, 0) is 5.41 Å². The molecule has 2 aliphatic carbocycles. The lowest BCUT2D eigenvalue weighted by molar-refractivity contribution is 0.660. The van der Waals surface area contributed by atoms with E-state index in [0.717, 1.165) is 0 Å². The quantitative estimate of drug-likeness (QED) is 0.198. The van der Waals surface area contributed by atoms with Gasteiger partial charge in [-0.3, -0.25) is 0 Å². The van der Waals surface area contributed by atoms with Crippen molar-refractivity contribution in [2.75, 3.05) is 0 Å². The van der Waals surface area contributed by atoms with Crippen LogP contribution in [0.5, 0.6) is 0 Å². The Labute approximate surface area is 244 Å². The van der Waals surface area contributed by atoms with Crippen LogP contribution in [0.3, 0.4) is 0 Å². The number of hydrogen-bond donors (Lipinski definition) is 0. The van der Waals surface area contributed by atoms with Crippen LogP contribution in [0.4, 0.5) is 0 Å². The zero-order chi connectivity index (χ0) is 27.7. The summed E-state index contributed by atoms with van der Waals surface area (Å²) in [5.41, 5.74) is 14.6. The standard InChI is InChI=1S/C41H27N/c1-41(2)34-17-8-7-14-29(34)30-20-19-25(22-35(30)41)42-36-21-18-24-10-3-4-11-26(24)39(36)40-32-16-9-15-31-27-12-5-6-13-28(27)33(38(31)32)23-37(40)42/h3-23H,1-2H3. The molecular formula is C41H27N. The summed E-state index contributed by atoms with van der Waals surface area (Å²) in [6, 6.07) is 47.8. The molecule has 0 spiro atoms. The summed E-state index contributed by atoms with van der Waals surface area (Å²) in [4.78, 5) is 0. The summed E-state index contributed by atoms with van der Waals surface area (Å²) >= 11 is 0. The molecule has 196 valence electrons. The average Bonchev–Trinajstić information content (AvgIpc) is 3.62. The van der Waals surface area contributed by atoms with E-state index in [0.29, 0.717) is 0 Å². The third-order valence-corrected chi connectivity index (χ3v) is 10.1. The van der Waals surface area contributed by atoms with Gasteiger partial charge in [-0.25, -0.2) is 0 Å². The van der Waals surface area contributed by atoms with Crippen LogP contribution in [0, 0.1) is 0 Å². The first-order valence-electron chi connectivity index (χ1n) is 14.9. The van der Waals surface area contributed by atoms with E-state index in [4.69, 9.17) is 0 Å². The minimum Gasteiger partial charge on any atom is -0.309 e. The Bertz CT molecular complexity index is 2490. The maximum Gasteiger partial charge on any atom is 0.0553 e. The van der Waals surface area contributed by atoms with Gasteiger partial charge in [0.05, 0.1) is 11.0 Å². The van der Waals surface area contributed by atoms with Gasteiger partial charge in [-0.2, -0.15) is 0 Å². The van der Waals surface area contributed by atoms with E-state index >= 15 is 0 Å². The van der Waals surface area contributed by atoms with E-state index in [2.05, 4.69) is 146 Å². The van der Waals surface area contributed by atoms with Gasteiger partial charge in [-0.1, -0.05) is 117 Å². The largest absolute Gasteiger partial charge is 0.309 e. The third-order valence-electron chi connectivity index (χ3n) is 10.1. The van der Waals surface area contributed by atoms with Gasteiger partial charge < -0.3 is 4.57 Å². The lowest BCUT2D eigenvalue weighted by atomic mass is 9.82. The van der Waals surface area contributed by atoms with Crippen LogP contribution >= 0.6 is 0 Å². The molecule has 8 aromatic rings. The minimum atomic E-state index is -0.0536. The highest BCUT2D eigenvalue weighted by molar-refractivity contribution is 6.33. The Morgan fingerprint density at radius 2 is 1.10 bits per heavy atom. The molecule has 10 rings (SSSR count). The molecule has 1 heteroatoms. The molecule has 0 amide bonds. The van der Waals surface area contributed by atoms with Crippen LogP contribution in [0.15, 0.2) is 127 Å². The van der Waals surface area contributed by atoms with Crippen molar-refractivity contribution in [2.24, 2.45) is 0 Å². The molecule has 0 bridgehead atoms. The minimum absolute atomic E-state index is 0.0536. The van der Waals surface area contributed by atoms with Crippen LogP contribution in [0.25, 0.3) is 82.4 Å². The fourth-order valence-electron chi connectivity index (χ4n) is 8.25. The van der Waals surface area contributed by atoms with E-state index < -0.39 is 0 Å². The van der Waals surface area contributed by atoms with Gasteiger partial charge in [0.2, 0.25) is 0 Å². The predicted octanol–water partition coefficient (Wildman–Crippen LogP) is 11.0. The van der Waals surface area contributed by atoms with Crippen molar-refractivity contribution in [1.82, 2.24) is 4.57 Å². The highest BCUT2D eigenvalue weighted by Gasteiger charge is 2.35. The third kappa shape index (κ3) is 2.61. The molecule has 1 nitrogen and oxygen atoms in total. The molecule has 0 aliphatic heterocycles. The van der Waals surface area contributed by atoms with Crippen molar-refractivity contribution < 1.29 is 0 Å². The first kappa shape index (κ1) is 22.5. The van der Waals surface area contributed by atoms with E-state index in [1.54, 1.807) is 0 Å². The smallest absolute Gasteiger partial charge is 0.0553 e. The zero-order valence-corrected chi connectivity index (χ0v) is 23.6. The van der Waals surface area contributed by atoms with Gasteiger partial charge in [-0.05, 0) is 90.3 Å². The van der Waals surface area contributed by atoms with Gasteiger partial charge in [0, 0.05) is 21.9 Å². The molecular weight excluding hydrogens is 506 g/mol. The molecule has 1 aromatic heterocycles. The Kier molecular flexibility index (Phi) is 4.06. The lowest BCUT2D eigenvalue weighted by Crippen LogP contribution is -2.15. The number of benzene rings is 7. The van der Waals surface area contributed by atoms with Crippen molar-refractivity contribution in [3.05, 3.63) is 139 Å². The first-order chi connectivity index (χ1) is 20.6. The molecule has 0 N–H and O–H groups in total. The fourth-order valence-corrected chi connectivity index (χ4v) is 8.25. The van der Waals surface area contributed by atoms with Gasteiger partial charge in [0.1, 0.15) is 0 Å². The molecule has 1 heterocycles. The first-order valence-corrected chi connectivity index (χ1v) is 14.9. The fraction of sp³-hybridized carbons (Fsp3) is 0.0732. The molecule has 0 saturated heterocycles. The second kappa shape index (κ2) is 7.57. The molecule has 0 unspecified atom stereocenters. The number of rotatable bonds is 1. The van der Waals surface area contributed by atoms with Crippen LogP contribution in [0.2, 0.25) is 0 Å². The Morgan fingerprint density at radius 1 is 0.429 bits per heavy atom. The van der Waals surface area contributed by atoms with E-state index in [1.165, 1.54) is 93.5 Å². The number of fused-ring (bicyclic) bond motifs is 12. The number of aromatic nitrogens is 1. The van der Waals surface area contributed by atoms with Crippen molar-refractivity contribution in [2.45, 2.75) is 19.3 Å². The van der Waals surface area contributed by atoms with Gasteiger partial charge >= 0.3 is 0 Å². The predicted molar refractivity (Wildman–Crippen MR) is 178 cm³/mol. The lowest BCUT2D eigenvalue weighted by Gasteiger charge is -2.22. The monoisotopic (exact) mass is 533 g/mol. The van der Waals surface area contributed by atoms with E-state index in [-0.39, 0.29) is 5.41 Å². The Hall–Kier alpha value is -5.14. The number of nitrogens with zero attached hydrogens (tertiary/aromatic N) is 1. The Morgan fingerprint density at radius 3 is 1.98 bits per heavy atom. The SMILES string of the molecule is CC1(C)c2ccccc2-c2ccc(-n3c4ccc5ccccc5c4c4c5cccc6c5c(cc43)-c3ccccc3-6)cc21. The van der Waals surface area contributed by atoms with Gasteiger partial charge in [-0.15, -0.1) is 0 Å². The maximum absolute atomic E-state index is 2.53. The molecule has 42 heavy (non-hydrogen) atoms. The molecule has 0 radical (unpaired) electrons. The van der Waals surface area contributed by atoms with Crippen molar-refractivity contribution in [3.8, 4) is 39.1 Å². The van der Waals surface area contributed by atoms with Gasteiger partial charge in [0.15, 0.2) is 0 Å². The second-order valence-corrected chi connectivity index (χ2v) is 12.5. The van der Waals surface area contributed by atoms with Crippen LogP contribution < -0.4 is 0 Å². The summed E-state index contributed by atoms with van der Waals surface area (Å²) in [6.45, 7) is 4.74. The van der Waals surface area contributed by atoms with E-state index in [1.807, 2.05) is 0 Å². The molecule has 2 aliphatic rings. The topological polar surface area (TPSA) is 4.93 Å². The normalized spacial score (nSPS) is 14.1. The summed E-state index contributed by atoms with van der Waals surface area (Å²) in [7, 11) is 0. The highest BCUT2D eigenvalue weighted by atomic mass is 15.0. The van der Waals surface area contributed by atoms with E-state index in [9.17, 15) is 0 Å². The summed E-state index contributed by atoms with van der Waals surface area (Å²) in [5.74, 6) is 0. The van der Waals surface area contributed by atoms with Crippen LogP contribution in [0.1, 0.15) is 25.0 Å². The average molecular weight is 534 g/mol. The molecule has 0 saturated carbocycles. The Balaban J connectivity index is 1.39. The number of hydrogen-bond acceptors (Lipinski definition) is 0. The highest BCUT2D eigenvalue weighted by Crippen LogP contribution is 2.53. The maximum atomic E-state index is 2.53. The van der Waals surface area contributed by atoms with Crippen LogP contribution in [-0.4, -0.2) is 4.57 Å². The second-order valence-electron chi connectivity index (χ2n) is 12.5. The molecule has 0 fully saturated rings. The van der Waals surface area contributed by atoms with Crippen molar-refractivity contribution >= 4 is 43.4 Å².